The van der Waals surface area contributed by atoms with Crippen molar-refractivity contribution in [1.82, 2.24) is 5.32 Å². The molecule has 0 aliphatic rings. The molecule has 2 aromatic carbocycles. The van der Waals surface area contributed by atoms with Crippen molar-refractivity contribution < 1.29 is 18.0 Å². The van der Waals surface area contributed by atoms with E-state index < -0.39 is 15.9 Å². The van der Waals surface area contributed by atoms with Crippen molar-refractivity contribution in [2.45, 2.75) is 33.1 Å². The van der Waals surface area contributed by atoms with Crippen LogP contribution in [0.5, 0.6) is 0 Å². The van der Waals surface area contributed by atoms with Crippen molar-refractivity contribution in [3.8, 4) is 0 Å². The summed E-state index contributed by atoms with van der Waals surface area (Å²) in [5, 5.41) is 5.48. The molecule has 0 aliphatic carbocycles. The summed E-state index contributed by atoms with van der Waals surface area (Å²) < 4.78 is 25.7. The molecule has 0 saturated carbocycles. The Bertz CT molecular complexity index is 1030. The van der Waals surface area contributed by atoms with Crippen molar-refractivity contribution in [2.75, 3.05) is 22.8 Å². The molecule has 0 saturated heterocycles. The smallest absolute Gasteiger partial charge is 0.253 e. The number of amides is 2. The number of rotatable bonds is 7. The maximum atomic E-state index is 12.9. The van der Waals surface area contributed by atoms with E-state index in [9.17, 15) is 18.0 Å². The Balaban J connectivity index is 2.28. The fourth-order valence-electron chi connectivity index (χ4n) is 2.87. The van der Waals surface area contributed by atoms with E-state index in [0.29, 0.717) is 12.2 Å². The zero-order chi connectivity index (χ0) is 21.8. The molecule has 0 spiro atoms. The van der Waals surface area contributed by atoms with Gasteiger partial charge in [0.25, 0.3) is 5.91 Å². The Morgan fingerprint density at radius 2 is 1.76 bits per heavy atom. The highest BCUT2D eigenvalue weighted by Crippen LogP contribution is 2.25. The van der Waals surface area contributed by atoms with Crippen molar-refractivity contribution in [2.24, 2.45) is 0 Å². The number of benzene rings is 2. The summed E-state index contributed by atoms with van der Waals surface area (Å²) >= 11 is 0. The monoisotopic (exact) mass is 417 g/mol. The molecule has 7 nitrogen and oxygen atoms in total. The molecule has 0 aromatic heterocycles. The van der Waals surface area contributed by atoms with Crippen molar-refractivity contribution >= 4 is 33.2 Å². The number of hydrogen-bond donors (Lipinski definition) is 3. The van der Waals surface area contributed by atoms with E-state index in [-0.39, 0.29) is 22.6 Å². The van der Waals surface area contributed by atoms with Crippen molar-refractivity contribution in [3.63, 3.8) is 0 Å². The first-order valence-electron chi connectivity index (χ1n) is 9.12. The molecular formula is C21H27N3O4S. The lowest BCUT2D eigenvalue weighted by Crippen LogP contribution is -2.37. The Kier molecular flexibility index (Phi) is 6.69. The number of carbonyl (C=O) groups is 2. The topological polar surface area (TPSA) is 104 Å². The van der Waals surface area contributed by atoms with Gasteiger partial charge in [-0.15, -0.1) is 0 Å². The first kappa shape index (κ1) is 22.4. The van der Waals surface area contributed by atoms with Crippen molar-refractivity contribution in [3.05, 3.63) is 59.2 Å². The normalized spacial score (nSPS) is 11.6. The highest BCUT2D eigenvalue weighted by Gasteiger charge is 2.23. The Hall–Kier alpha value is -2.87. The molecule has 0 unspecified atom stereocenters. The number of sulfonamides is 1. The summed E-state index contributed by atoms with van der Waals surface area (Å²) in [4.78, 5) is 24.2. The molecule has 2 aromatic rings. The average molecular weight is 418 g/mol. The molecule has 156 valence electrons. The summed E-state index contributed by atoms with van der Waals surface area (Å²) in [6.07, 6.45) is 1.01. The van der Waals surface area contributed by atoms with E-state index >= 15 is 0 Å². The lowest BCUT2D eigenvalue weighted by atomic mass is 9.84. The van der Waals surface area contributed by atoms with Crippen LogP contribution in [0.3, 0.4) is 0 Å². The standard InChI is InChI=1S/C21H27N3O4S/c1-14-7-6-8-16(11-14)21(3,4)13-22-20(26)18-12-17(23-15(2)25)9-10-19(18)24-29(5,27)28/h6-12,24H,13H2,1-5H3,(H,22,26)(H,23,25). The van der Waals surface area contributed by atoms with Crippen LogP contribution in [0, 0.1) is 6.92 Å². The number of hydrogen-bond acceptors (Lipinski definition) is 4. The third kappa shape index (κ3) is 6.60. The fourth-order valence-corrected chi connectivity index (χ4v) is 3.44. The molecule has 0 atom stereocenters. The zero-order valence-electron chi connectivity index (χ0n) is 17.3. The predicted molar refractivity (Wildman–Crippen MR) is 116 cm³/mol. The fraction of sp³-hybridized carbons (Fsp3) is 0.333. The lowest BCUT2D eigenvalue weighted by Gasteiger charge is -2.26. The second-order valence-electron chi connectivity index (χ2n) is 7.75. The van der Waals surface area contributed by atoms with E-state index in [1.165, 1.54) is 25.1 Å². The van der Waals surface area contributed by atoms with Crippen LogP contribution in [-0.4, -0.2) is 33.0 Å². The summed E-state index contributed by atoms with van der Waals surface area (Å²) in [7, 11) is -3.58. The van der Waals surface area contributed by atoms with Crippen LogP contribution in [0.15, 0.2) is 42.5 Å². The van der Waals surface area contributed by atoms with Gasteiger partial charge in [0.2, 0.25) is 15.9 Å². The first-order valence-corrected chi connectivity index (χ1v) is 11.0. The third-order valence-electron chi connectivity index (χ3n) is 4.37. The minimum Gasteiger partial charge on any atom is -0.351 e. The molecule has 0 radical (unpaired) electrons. The van der Waals surface area contributed by atoms with Crippen LogP contribution >= 0.6 is 0 Å². The van der Waals surface area contributed by atoms with Gasteiger partial charge in [-0.2, -0.15) is 0 Å². The van der Waals surface area contributed by atoms with Crippen LogP contribution in [0.4, 0.5) is 11.4 Å². The summed E-state index contributed by atoms with van der Waals surface area (Å²) in [6, 6.07) is 12.5. The molecule has 0 heterocycles. The van der Waals surface area contributed by atoms with Gasteiger partial charge in [-0.1, -0.05) is 43.7 Å². The van der Waals surface area contributed by atoms with Crippen LogP contribution in [0.1, 0.15) is 42.3 Å². The summed E-state index contributed by atoms with van der Waals surface area (Å²) in [6.45, 7) is 7.75. The Morgan fingerprint density at radius 3 is 2.34 bits per heavy atom. The molecule has 8 heteroatoms. The first-order chi connectivity index (χ1) is 13.4. The Morgan fingerprint density at radius 1 is 1.07 bits per heavy atom. The quantitative estimate of drug-likeness (QED) is 0.644. The van der Waals surface area contributed by atoms with Gasteiger partial charge in [0.05, 0.1) is 17.5 Å². The predicted octanol–water partition coefficient (Wildman–Crippen LogP) is 3.03. The maximum absolute atomic E-state index is 12.9. The largest absolute Gasteiger partial charge is 0.351 e. The van der Waals surface area contributed by atoms with Gasteiger partial charge < -0.3 is 10.6 Å². The van der Waals surface area contributed by atoms with E-state index in [0.717, 1.165) is 17.4 Å². The molecule has 3 N–H and O–H groups in total. The molecule has 29 heavy (non-hydrogen) atoms. The third-order valence-corrected chi connectivity index (χ3v) is 4.96. The molecule has 2 rings (SSSR count). The van der Waals surface area contributed by atoms with Gasteiger partial charge in [-0.05, 0) is 30.7 Å². The van der Waals surface area contributed by atoms with E-state index in [4.69, 9.17) is 0 Å². The van der Waals surface area contributed by atoms with Crippen LogP contribution in [0.2, 0.25) is 0 Å². The van der Waals surface area contributed by atoms with Gasteiger partial charge in [-0.3, -0.25) is 14.3 Å². The van der Waals surface area contributed by atoms with Gasteiger partial charge in [0.15, 0.2) is 0 Å². The minimum absolute atomic E-state index is 0.127. The lowest BCUT2D eigenvalue weighted by molar-refractivity contribution is -0.114. The minimum atomic E-state index is -3.58. The summed E-state index contributed by atoms with van der Waals surface area (Å²) in [5.74, 6) is -0.732. The number of aryl methyl sites for hydroxylation is 1. The van der Waals surface area contributed by atoms with Crippen LogP contribution in [-0.2, 0) is 20.2 Å². The second-order valence-corrected chi connectivity index (χ2v) is 9.50. The van der Waals surface area contributed by atoms with E-state index in [2.05, 4.69) is 21.4 Å². The SMILES string of the molecule is CC(=O)Nc1ccc(NS(C)(=O)=O)c(C(=O)NCC(C)(C)c2cccc(C)c2)c1. The van der Waals surface area contributed by atoms with Gasteiger partial charge in [0, 0.05) is 24.6 Å². The summed E-state index contributed by atoms with van der Waals surface area (Å²) in [5.41, 5.74) is 2.55. The number of nitrogens with one attached hydrogen (secondary N) is 3. The van der Waals surface area contributed by atoms with Gasteiger partial charge in [0.1, 0.15) is 0 Å². The van der Waals surface area contributed by atoms with E-state index in [1.807, 2.05) is 39.0 Å². The van der Waals surface area contributed by atoms with Crippen LogP contribution in [0.25, 0.3) is 0 Å². The highest BCUT2D eigenvalue weighted by molar-refractivity contribution is 7.92. The average Bonchev–Trinajstić information content (AvgIpc) is 2.59. The number of carbonyl (C=O) groups excluding carboxylic acids is 2. The maximum Gasteiger partial charge on any atom is 0.253 e. The van der Waals surface area contributed by atoms with Crippen molar-refractivity contribution in [1.29, 1.82) is 0 Å². The second kappa shape index (κ2) is 8.65. The van der Waals surface area contributed by atoms with E-state index in [1.54, 1.807) is 0 Å². The zero-order valence-corrected chi connectivity index (χ0v) is 18.1. The Labute approximate surface area is 172 Å². The number of anilines is 2. The molecule has 0 fully saturated rings. The van der Waals surface area contributed by atoms with Crippen LogP contribution < -0.4 is 15.4 Å². The molecule has 0 bridgehead atoms. The molecular weight excluding hydrogens is 390 g/mol. The van der Waals surface area contributed by atoms with Gasteiger partial charge in [-0.25, -0.2) is 8.42 Å². The highest BCUT2D eigenvalue weighted by atomic mass is 32.2. The van der Waals surface area contributed by atoms with Gasteiger partial charge >= 0.3 is 0 Å². The molecule has 0 aliphatic heterocycles. The molecule has 2 amide bonds.